The fourth-order valence-electron chi connectivity index (χ4n) is 2.66. The maximum Gasteiger partial charge on any atom is 0.326 e. The number of halogens is 2. The molecule has 0 aliphatic carbocycles. The molecule has 3 aromatic carbocycles. The standard InChI is InChI=1S/C22H17Cl2N3O4/c23-15-7-5-14(6-8-15)20(27-30)13-31-17-11-9-16(10-12-17)25-22(29)26-21(28)18-3-1-2-4-19(18)24/h1-12,20H,13H2,(H2,25,26,28,29). The summed E-state index contributed by atoms with van der Waals surface area (Å²) in [6.45, 7) is 0.0464. The molecule has 3 aromatic rings. The molecular weight excluding hydrogens is 441 g/mol. The number of amides is 3. The van der Waals surface area contributed by atoms with E-state index in [2.05, 4.69) is 15.8 Å². The minimum absolute atomic E-state index is 0.0464. The van der Waals surface area contributed by atoms with Gasteiger partial charge in [-0.25, -0.2) is 4.79 Å². The molecule has 0 aliphatic heterocycles. The molecule has 0 aromatic heterocycles. The van der Waals surface area contributed by atoms with Gasteiger partial charge >= 0.3 is 6.03 Å². The molecule has 0 saturated carbocycles. The van der Waals surface area contributed by atoms with E-state index in [0.29, 0.717) is 22.0 Å². The van der Waals surface area contributed by atoms with Crippen molar-refractivity contribution in [3.05, 3.63) is 98.9 Å². The predicted octanol–water partition coefficient (Wildman–Crippen LogP) is 5.84. The lowest BCUT2D eigenvalue weighted by molar-refractivity contribution is 0.0967. The summed E-state index contributed by atoms with van der Waals surface area (Å²) in [7, 11) is 0. The van der Waals surface area contributed by atoms with E-state index in [9.17, 15) is 14.5 Å². The Labute approximate surface area is 188 Å². The average Bonchev–Trinajstić information content (AvgIpc) is 2.76. The van der Waals surface area contributed by atoms with Crippen molar-refractivity contribution in [2.75, 3.05) is 11.9 Å². The van der Waals surface area contributed by atoms with Gasteiger partial charge < -0.3 is 10.1 Å². The lowest BCUT2D eigenvalue weighted by Crippen LogP contribution is -2.34. The van der Waals surface area contributed by atoms with Crippen molar-refractivity contribution in [3.8, 4) is 5.75 Å². The minimum atomic E-state index is -0.702. The second-order valence-electron chi connectivity index (χ2n) is 6.40. The number of hydrogen-bond acceptors (Lipinski definition) is 5. The highest BCUT2D eigenvalue weighted by Gasteiger charge is 2.14. The van der Waals surface area contributed by atoms with Crippen LogP contribution >= 0.6 is 23.2 Å². The van der Waals surface area contributed by atoms with Crippen LogP contribution in [0.5, 0.6) is 5.75 Å². The first-order chi connectivity index (χ1) is 15.0. The maximum atomic E-state index is 12.1. The fraction of sp³-hybridized carbons (Fsp3) is 0.0909. The van der Waals surface area contributed by atoms with Gasteiger partial charge in [0.1, 0.15) is 12.4 Å². The molecule has 3 rings (SSSR count). The second-order valence-corrected chi connectivity index (χ2v) is 7.24. The van der Waals surface area contributed by atoms with Crippen LogP contribution < -0.4 is 15.4 Å². The number of urea groups is 1. The Morgan fingerprint density at radius 3 is 2.26 bits per heavy atom. The first-order valence-electron chi connectivity index (χ1n) is 9.14. The molecular formula is C22H17Cl2N3O4. The predicted molar refractivity (Wildman–Crippen MR) is 120 cm³/mol. The van der Waals surface area contributed by atoms with Crippen LogP contribution in [0.4, 0.5) is 10.5 Å². The Bertz CT molecular complexity index is 1070. The molecule has 0 bridgehead atoms. The van der Waals surface area contributed by atoms with Gasteiger partial charge in [0, 0.05) is 10.7 Å². The third-order valence-corrected chi connectivity index (χ3v) is 4.83. The molecule has 0 spiro atoms. The van der Waals surface area contributed by atoms with Gasteiger partial charge in [0.05, 0.1) is 10.6 Å². The third kappa shape index (κ3) is 6.28. The van der Waals surface area contributed by atoms with Crippen molar-refractivity contribution in [1.29, 1.82) is 0 Å². The number of imide groups is 1. The van der Waals surface area contributed by atoms with Crippen LogP contribution in [0.3, 0.4) is 0 Å². The van der Waals surface area contributed by atoms with Crippen LogP contribution in [-0.2, 0) is 0 Å². The molecule has 0 heterocycles. The maximum absolute atomic E-state index is 12.1. The number of nitroso groups, excluding NO2 is 1. The Hall–Kier alpha value is -3.42. The van der Waals surface area contributed by atoms with Gasteiger partial charge in [0.15, 0.2) is 6.04 Å². The van der Waals surface area contributed by atoms with Crippen LogP contribution in [0, 0.1) is 4.91 Å². The summed E-state index contributed by atoms with van der Waals surface area (Å²) in [6, 6.07) is 18.2. The van der Waals surface area contributed by atoms with E-state index in [1.54, 1.807) is 66.7 Å². The molecule has 9 heteroatoms. The second kappa shape index (κ2) is 10.6. The van der Waals surface area contributed by atoms with Crippen molar-refractivity contribution in [1.82, 2.24) is 5.32 Å². The molecule has 0 saturated heterocycles. The zero-order chi connectivity index (χ0) is 22.2. The Morgan fingerprint density at radius 1 is 0.935 bits per heavy atom. The summed E-state index contributed by atoms with van der Waals surface area (Å²) in [6.07, 6.45) is 0. The zero-order valence-corrected chi connectivity index (χ0v) is 17.6. The van der Waals surface area contributed by atoms with Crippen molar-refractivity contribution in [2.24, 2.45) is 5.18 Å². The highest BCUT2D eigenvalue weighted by Crippen LogP contribution is 2.22. The zero-order valence-electron chi connectivity index (χ0n) is 16.0. The number of nitrogens with one attached hydrogen (secondary N) is 2. The van der Waals surface area contributed by atoms with Crippen LogP contribution in [0.1, 0.15) is 22.0 Å². The van der Waals surface area contributed by atoms with Crippen LogP contribution in [0.15, 0.2) is 78.0 Å². The van der Waals surface area contributed by atoms with E-state index in [1.165, 1.54) is 6.07 Å². The number of nitrogens with zero attached hydrogens (tertiary/aromatic N) is 1. The molecule has 3 amide bonds. The largest absolute Gasteiger partial charge is 0.491 e. The van der Waals surface area contributed by atoms with E-state index >= 15 is 0 Å². The topological polar surface area (TPSA) is 96.9 Å². The van der Waals surface area contributed by atoms with E-state index in [1.807, 2.05) is 0 Å². The molecule has 2 N–H and O–H groups in total. The van der Waals surface area contributed by atoms with Gasteiger partial charge in [-0.3, -0.25) is 10.1 Å². The van der Waals surface area contributed by atoms with Crippen LogP contribution in [0.2, 0.25) is 10.0 Å². The van der Waals surface area contributed by atoms with Crippen molar-refractivity contribution in [2.45, 2.75) is 6.04 Å². The summed E-state index contributed by atoms with van der Waals surface area (Å²) < 4.78 is 5.62. The first kappa shape index (κ1) is 22.3. The quantitative estimate of drug-likeness (QED) is 0.435. The van der Waals surface area contributed by atoms with Crippen molar-refractivity contribution < 1.29 is 14.3 Å². The highest BCUT2D eigenvalue weighted by molar-refractivity contribution is 6.34. The van der Waals surface area contributed by atoms with E-state index in [-0.39, 0.29) is 17.2 Å². The van der Waals surface area contributed by atoms with Gasteiger partial charge in [0.2, 0.25) is 0 Å². The number of ether oxygens (including phenoxy) is 1. The van der Waals surface area contributed by atoms with E-state index in [4.69, 9.17) is 27.9 Å². The Morgan fingerprint density at radius 2 is 1.61 bits per heavy atom. The molecule has 158 valence electrons. The number of benzene rings is 3. The Balaban J connectivity index is 1.53. The molecule has 7 nitrogen and oxygen atoms in total. The van der Waals surface area contributed by atoms with E-state index in [0.717, 1.165) is 0 Å². The normalized spacial score (nSPS) is 11.3. The number of rotatable bonds is 7. The van der Waals surface area contributed by atoms with Gasteiger partial charge in [-0.1, -0.05) is 52.6 Å². The summed E-state index contributed by atoms with van der Waals surface area (Å²) >= 11 is 11.8. The summed E-state index contributed by atoms with van der Waals surface area (Å²) in [4.78, 5) is 35.3. The fourth-order valence-corrected chi connectivity index (χ4v) is 3.01. The van der Waals surface area contributed by atoms with Crippen LogP contribution in [0.25, 0.3) is 0 Å². The number of carbonyl (C=O) groups is 2. The van der Waals surface area contributed by atoms with Crippen molar-refractivity contribution >= 4 is 40.8 Å². The first-order valence-corrected chi connectivity index (χ1v) is 9.89. The molecule has 0 aliphatic rings. The molecule has 0 fully saturated rings. The molecule has 1 atom stereocenters. The molecule has 31 heavy (non-hydrogen) atoms. The Kier molecular flexibility index (Phi) is 7.59. The lowest BCUT2D eigenvalue weighted by atomic mass is 10.1. The third-order valence-electron chi connectivity index (χ3n) is 4.25. The monoisotopic (exact) mass is 457 g/mol. The van der Waals surface area contributed by atoms with Gasteiger partial charge in [-0.15, -0.1) is 0 Å². The average molecular weight is 458 g/mol. The molecule has 1 unspecified atom stereocenters. The molecule has 0 radical (unpaired) electrons. The van der Waals surface area contributed by atoms with Crippen LogP contribution in [-0.4, -0.2) is 18.5 Å². The lowest BCUT2D eigenvalue weighted by Gasteiger charge is -2.12. The highest BCUT2D eigenvalue weighted by atomic mass is 35.5. The number of hydrogen-bond donors (Lipinski definition) is 2. The van der Waals surface area contributed by atoms with Gasteiger partial charge in [0.25, 0.3) is 5.91 Å². The summed E-state index contributed by atoms with van der Waals surface area (Å²) in [5.74, 6) is -0.127. The number of carbonyl (C=O) groups excluding carboxylic acids is 2. The van der Waals surface area contributed by atoms with Crippen molar-refractivity contribution in [3.63, 3.8) is 0 Å². The number of anilines is 1. The SMILES string of the molecule is O=NC(COc1ccc(NC(=O)NC(=O)c2ccccc2Cl)cc1)c1ccc(Cl)cc1. The van der Waals surface area contributed by atoms with Gasteiger partial charge in [-0.05, 0) is 54.1 Å². The smallest absolute Gasteiger partial charge is 0.326 e. The summed E-state index contributed by atoms with van der Waals surface area (Å²) in [5, 5.41) is 8.66. The van der Waals surface area contributed by atoms with Gasteiger partial charge in [-0.2, -0.15) is 4.91 Å². The summed E-state index contributed by atoms with van der Waals surface area (Å²) in [5.41, 5.74) is 1.33. The van der Waals surface area contributed by atoms with E-state index < -0.39 is 18.0 Å². The minimum Gasteiger partial charge on any atom is -0.491 e.